The number of rotatable bonds is 9. The largest absolute Gasteiger partial charge is 0.393 e. The number of halogens is 18. The normalized spacial score (nSPS) is 14.9. The molecule has 0 radical (unpaired) electrons. The monoisotopic (exact) mass is 589 g/mol. The molecule has 0 spiro atoms. The molecular formula is C15H5Cl2F16NO. The van der Waals surface area contributed by atoms with Gasteiger partial charge in [0.25, 0.3) is 0 Å². The zero-order chi connectivity index (χ0) is 28.2. The van der Waals surface area contributed by atoms with Gasteiger partial charge in [0.05, 0.1) is 10.7 Å². The molecular weight excluding hydrogens is 585 g/mol. The quantitative estimate of drug-likeness (QED) is 0.295. The number of hydrogen-bond acceptors (Lipinski definition) is 1. The molecule has 0 fully saturated rings. The molecule has 0 aliphatic heterocycles. The van der Waals surface area contributed by atoms with Crippen molar-refractivity contribution in [1.29, 1.82) is 0 Å². The third kappa shape index (κ3) is 4.44. The van der Waals surface area contributed by atoms with E-state index in [9.17, 15) is 75.0 Å². The smallest absolute Gasteiger partial charge is 0.319 e. The fourth-order valence-electron chi connectivity index (χ4n) is 2.07. The minimum Gasteiger partial charge on any atom is -0.319 e. The van der Waals surface area contributed by atoms with Gasteiger partial charge in [0.2, 0.25) is 0 Å². The van der Waals surface area contributed by atoms with E-state index in [1.165, 1.54) is 0 Å². The van der Waals surface area contributed by atoms with E-state index in [1.807, 2.05) is 0 Å². The highest BCUT2D eigenvalue weighted by Gasteiger charge is 2.94. The molecule has 1 aromatic carbocycles. The van der Waals surface area contributed by atoms with E-state index in [1.54, 1.807) is 0 Å². The van der Waals surface area contributed by atoms with Crippen LogP contribution in [0.5, 0.6) is 0 Å². The maximum Gasteiger partial charge on any atom is 0.393 e. The lowest BCUT2D eigenvalue weighted by Crippen LogP contribution is -2.74. The van der Waals surface area contributed by atoms with Crippen molar-refractivity contribution >= 4 is 34.8 Å². The number of carbonyl (C=O) groups excluding carboxylic acids is 1. The van der Waals surface area contributed by atoms with Crippen LogP contribution < -0.4 is 5.32 Å². The van der Waals surface area contributed by atoms with Crippen molar-refractivity contribution in [2.24, 2.45) is 0 Å². The fraction of sp³-hybridized carbons (Fsp3) is 0.533. The summed E-state index contributed by atoms with van der Waals surface area (Å²) in [4.78, 5) is 11.4. The van der Waals surface area contributed by atoms with Gasteiger partial charge in [-0.1, -0.05) is 23.2 Å². The van der Waals surface area contributed by atoms with E-state index in [0.717, 1.165) is 6.07 Å². The molecule has 202 valence electrons. The van der Waals surface area contributed by atoms with E-state index in [4.69, 9.17) is 23.2 Å². The van der Waals surface area contributed by atoms with E-state index < -0.39 is 69.5 Å². The summed E-state index contributed by atoms with van der Waals surface area (Å²) in [5.41, 5.74) is -1.15. The summed E-state index contributed by atoms with van der Waals surface area (Å²) >= 11 is 10.7. The highest BCUT2D eigenvalue weighted by Crippen LogP contribution is 2.62. The number of carbonyl (C=O) groups is 1. The molecule has 0 saturated carbocycles. The predicted molar refractivity (Wildman–Crippen MR) is 85.7 cm³/mol. The standard InChI is InChI=1S/C15H5Cl2F16NO/c16-4-1-2-5(17)6(3-4)34-8(35)10(22,23)12(26,27)14(30,31)15(32,33)13(28,29)11(24,25)9(20,21)7(18)19/h1-3,7H,(H,34,35). The van der Waals surface area contributed by atoms with Crippen LogP contribution in [-0.4, -0.2) is 53.8 Å². The van der Waals surface area contributed by atoms with Gasteiger partial charge in [0, 0.05) is 5.02 Å². The van der Waals surface area contributed by atoms with Gasteiger partial charge in [-0.05, 0) is 18.2 Å². The van der Waals surface area contributed by atoms with Gasteiger partial charge in [-0.15, -0.1) is 0 Å². The van der Waals surface area contributed by atoms with Gasteiger partial charge in [-0.3, -0.25) is 4.79 Å². The lowest BCUT2D eigenvalue weighted by molar-refractivity contribution is -0.443. The molecule has 0 saturated heterocycles. The van der Waals surface area contributed by atoms with Gasteiger partial charge < -0.3 is 5.32 Å². The van der Waals surface area contributed by atoms with Crippen LogP contribution in [0.4, 0.5) is 75.9 Å². The van der Waals surface area contributed by atoms with Crippen LogP contribution >= 0.6 is 23.2 Å². The zero-order valence-electron chi connectivity index (χ0n) is 15.5. The van der Waals surface area contributed by atoms with Crippen LogP contribution in [0.25, 0.3) is 0 Å². The first-order valence-electron chi connectivity index (χ1n) is 7.94. The Kier molecular flexibility index (Phi) is 7.94. The Balaban J connectivity index is 3.57. The van der Waals surface area contributed by atoms with E-state index in [0.29, 0.717) is 17.4 Å². The van der Waals surface area contributed by atoms with Crippen LogP contribution in [0.2, 0.25) is 10.0 Å². The van der Waals surface area contributed by atoms with Crippen LogP contribution in [-0.2, 0) is 4.79 Å². The Labute approximate surface area is 192 Å². The lowest BCUT2D eigenvalue weighted by atomic mass is 9.89. The molecule has 1 N–H and O–H groups in total. The van der Waals surface area contributed by atoms with Gasteiger partial charge >= 0.3 is 53.8 Å². The predicted octanol–water partition coefficient (Wildman–Crippen LogP) is 7.64. The van der Waals surface area contributed by atoms with Crippen molar-refractivity contribution < 1.29 is 75.0 Å². The average molecular weight is 590 g/mol. The van der Waals surface area contributed by atoms with Crippen molar-refractivity contribution in [3.05, 3.63) is 28.2 Å². The maximum absolute atomic E-state index is 13.8. The number of hydrogen-bond donors (Lipinski definition) is 1. The fourth-order valence-corrected chi connectivity index (χ4v) is 2.41. The van der Waals surface area contributed by atoms with Gasteiger partial charge in [0.15, 0.2) is 0 Å². The summed E-state index contributed by atoms with van der Waals surface area (Å²) in [5.74, 6) is -60.2. The zero-order valence-corrected chi connectivity index (χ0v) is 17.0. The lowest BCUT2D eigenvalue weighted by Gasteiger charge is -2.42. The highest BCUT2D eigenvalue weighted by atomic mass is 35.5. The van der Waals surface area contributed by atoms with E-state index in [2.05, 4.69) is 0 Å². The number of alkyl halides is 16. The molecule has 0 aliphatic carbocycles. The minimum absolute atomic E-state index is 0.421. The number of nitrogens with one attached hydrogen (secondary N) is 1. The Morgan fingerprint density at radius 2 is 1.09 bits per heavy atom. The first-order chi connectivity index (χ1) is 15.2. The Bertz CT molecular complexity index is 964. The molecule has 1 amide bonds. The Morgan fingerprint density at radius 1 is 0.686 bits per heavy atom. The van der Waals surface area contributed by atoms with Crippen LogP contribution in [0.3, 0.4) is 0 Å². The molecule has 0 bridgehead atoms. The highest BCUT2D eigenvalue weighted by molar-refractivity contribution is 6.35. The third-order valence-corrected chi connectivity index (χ3v) is 4.69. The number of benzene rings is 1. The van der Waals surface area contributed by atoms with Crippen LogP contribution in [0.15, 0.2) is 18.2 Å². The molecule has 0 aromatic heterocycles. The Morgan fingerprint density at radius 3 is 1.51 bits per heavy atom. The van der Waals surface area contributed by atoms with E-state index in [-0.39, 0.29) is 0 Å². The summed E-state index contributed by atoms with van der Waals surface area (Å²) in [7, 11) is 0. The van der Waals surface area contributed by atoms with Gasteiger partial charge in [-0.25, -0.2) is 8.78 Å². The van der Waals surface area contributed by atoms with Crippen molar-refractivity contribution in [2.45, 2.75) is 47.9 Å². The second-order valence-corrected chi connectivity index (χ2v) is 7.29. The average Bonchev–Trinajstić information content (AvgIpc) is 2.69. The molecule has 0 atom stereocenters. The van der Waals surface area contributed by atoms with E-state index >= 15 is 0 Å². The molecule has 1 aromatic rings. The molecule has 20 heteroatoms. The number of anilines is 1. The maximum atomic E-state index is 13.8. The van der Waals surface area contributed by atoms with Crippen molar-refractivity contribution in [3.8, 4) is 0 Å². The van der Waals surface area contributed by atoms with Crippen molar-refractivity contribution in [1.82, 2.24) is 0 Å². The van der Waals surface area contributed by atoms with Gasteiger partial charge in [-0.2, -0.15) is 61.5 Å². The second kappa shape index (κ2) is 8.92. The Hall–Kier alpha value is -1.85. The first-order valence-corrected chi connectivity index (χ1v) is 8.70. The minimum atomic E-state index is -8.59. The van der Waals surface area contributed by atoms with Crippen LogP contribution in [0, 0.1) is 0 Å². The topological polar surface area (TPSA) is 29.1 Å². The molecule has 0 aliphatic rings. The van der Waals surface area contributed by atoms with Gasteiger partial charge in [0.1, 0.15) is 0 Å². The molecule has 0 heterocycles. The molecule has 1 rings (SSSR count). The summed E-state index contributed by atoms with van der Waals surface area (Å²) in [5, 5.41) is -0.569. The molecule has 2 nitrogen and oxygen atoms in total. The summed E-state index contributed by atoms with van der Waals surface area (Å²) in [6.45, 7) is 0. The first kappa shape index (κ1) is 31.2. The molecule has 35 heavy (non-hydrogen) atoms. The molecule has 0 unspecified atom stereocenters. The van der Waals surface area contributed by atoms with Crippen LogP contribution in [0.1, 0.15) is 0 Å². The summed E-state index contributed by atoms with van der Waals surface area (Å²) in [6.07, 6.45) is -5.94. The second-order valence-electron chi connectivity index (χ2n) is 6.45. The number of amides is 1. The summed E-state index contributed by atoms with van der Waals surface area (Å²) < 4.78 is 212. The summed E-state index contributed by atoms with van der Waals surface area (Å²) in [6, 6.07) is 2.02. The SMILES string of the molecule is O=C(Nc1cc(Cl)ccc1Cl)C(F)(F)C(F)(F)C(F)(F)C(F)(F)C(F)(F)C(F)(F)C(F)(F)C(F)F. The third-order valence-electron chi connectivity index (χ3n) is 4.13. The van der Waals surface area contributed by atoms with Crippen molar-refractivity contribution in [3.63, 3.8) is 0 Å². The van der Waals surface area contributed by atoms with Crippen molar-refractivity contribution in [2.75, 3.05) is 5.32 Å².